The maximum Gasteiger partial charge on any atom is 0.361 e. The first-order valence-corrected chi connectivity index (χ1v) is 32.1. The predicted octanol–water partition coefficient (Wildman–Crippen LogP) is 19.4. The Morgan fingerprint density at radius 2 is 0.740 bits per heavy atom. The number of carbonyl (C=O) groups is 3. The summed E-state index contributed by atoms with van der Waals surface area (Å²) in [7, 11) is 5.97. The Morgan fingerprint density at radius 1 is 0.403 bits per heavy atom. The molecule has 0 fully saturated rings. The first-order chi connectivity index (χ1) is 37.6. The molecule has 1 N–H and O–H groups in total. The van der Waals surface area contributed by atoms with Crippen LogP contribution in [0.1, 0.15) is 284 Å². The van der Waals surface area contributed by atoms with Crippen molar-refractivity contribution in [1.82, 2.24) is 0 Å². The Bertz CT molecular complexity index is 1490. The molecule has 0 aliphatic rings. The molecule has 9 nitrogen and oxygen atoms in total. The SMILES string of the molecule is CC/C=C\C/C=C\C/C=C\C/C=C\C/C=C\C/C=C\CCCCCCCCCCCCCCCCCCCCCCC(=O)OC(COC(=O)CCCCCCCCCCCCCCC)COC(OCC[N+](C)(C)C)C(=O)O. The molecule has 0 spiro atoms. The summed E-state index contributed by atoms with van der Waals surface area (Å²) in [6, 6.07) is 0. The summed E-state index contributed by atoms with van der Waals surface area (Å²) >= 11 is 0. The van der Waals surface area contributed by atoms with Crippen molar-refractivity contribution in [2.24, 2.45) is 0 Å². The molecule has 446 valence electrons. The van der Waals surface area contributed by atoms with Crippen LogP contribution in [-0.2, 0) is 33.3 Å². The summed E-state index contributed by atoms with van der Waals surface area (Å²) in [6.07, 6.45) is 74.4. The van der Waals surface area contributed by atoms with Gasteiger partial charge < -0.3 is 28.5 Å². The number of carboxylic acids is 1. The van der Waals surface area contributed by atoms with Gasteiger partial charge in [-0.05, 0) is 64.2 Å². The molecule has 0 radical (unpaired) electrons. The van der Waals surface area contributed by atoms with Gasteiger partial charge in [-0.3, -0.25) is 9.59 Å². The van der Waals surface area contributed by atoms with Crippen LogP contribution in [0, 0.1) is 0 Å². The first kappa shape index (κ1) is 73.7. The number of carbonyl (C=O) groups excluding carboxylic acids is 2. The normalized spacial score (nSPS) is 13.2. The number of likely N-dealkylation sites (N-methyl/N-ethyl adjacent to an activating group) is 1. The third kappa shape index (κ3) is 60.2. The summed E-state index contributed by atoms with van der Waals surface area (Å²) in [4.78, 5) is 37.4. The van der Waals surface area contributed by atoms with Gasteiger partial charge in [-0.25, -0.2) is 4.79 Å². The van der Waals surface area contributed by atoms with E-state index in [4.69, 9.17) is 18.9 Å². The van der Waals surface area contributed by atoms with Crippen molar-refractivity contribution in [2.45, 2.75) is 296 Å². The molecule has 0 saturated heterocycles. The lowest BCUT2D eigenvalue weighted by atomic mass is 10.0. The van der Waals surface area contributed by atoms with E-state index in [0.717, 1.165) is 77.0 Å². The van der Waals surface area contributed by atoms with Crippen LogP contribution in [0.5, 0.6) is 0 Å². The predicted molar refractivity (Wildman–Crippen MR) is 327 cm³/mol. The molecule has 0 aliphatic heterocycles. The Balaban J connectivity index is 3.98. The second-order valence-electron chi connectivity index (χ2n) is 22.7. The Kier molecular flexibility index (Phi) is 56.4. The van der Waals surface area contributed by atoms with Gasteiger partial charge in [0.2, 0.25) is 0 Å². The van der Waals surface area contributed by atoms with E-state index in [9.17, 15) is 19.5 Å². The van der Waals surface area contributed by atoms with Gasteiger partial charge in [-0.15, -0.1) is 0 Å². The van der Waals surface area contributed by atoms with Crippen LogP contribution in [0.3, 0.4) is 0 Å². The molecule has 0 bridgehead atoms. The minimum absolute atomic E-state index is 0.178. The molecule has 2 unspecified atom stereocenters. The smallest absolute Gasteiger partial charge is 0.361 e. The molecule has 0 aromatic carbocycles. The van der Waals surface area contributed by atoms with E-state index in [1.54, 1.807) is 0 Å². The highest BCUT2D eigenvalue weighted by atomic mass is 16.7. The first-order valence-electron chi connectivity index (χ1n) is 32.1. The highest BCUT2D eigenvalue weighted by Crippen LogP contribution is 2.17. The number of hydrogen-bond donors (Lipinski definition) is 1. The number of carboxylic acid groups (broad SMARTS) is 1. The van der Waals surface area contributed by atoms with Crippen LogP contribution in [0.2, 0.25) is 0 Å². The highest BCUT2D eigenvalue weighted by molar-refractivity contribution is 5.71. The highest BCUT2D eigenvalue weighted by Gasteiger charge is 2.25. The zero-order chi connectivity index (χ0) is 56.2. The van der Waals surface area contributed by atoms with Crippen molar-refractivity contribution in [2.75, 3.05) is 47.5 Å². The lowest BCUT2D eigenvalue weighted by molar-refractivity contribution is -0.870. The lowest BCUT2D eigenvalue weighted by Crippen LogP contribution is -2.40. The molecule has 0 heterocycles. The number of unbranched alkanes of at least 4 members (excludes halogenated alkanes) is 32. The Morgan fingerprint density at radius 3 is 1.10 bits per heavy atom. The number of esters is 2. The van der Waals surface area contributed by atoms with E-state index in [1.807, 2.05) is 21.1 Å². The van der Waals surface area contributed by atoms with Gasteiger partial charge >= 0.3 is 17.9 Å². The minimum Gasteiger partial charge on any atom is -0.477 e. The standard InChI is InChI=1S/C68H121NO8/c1-6-8-10-12-14-16-18-20-21-22-23-24-25-26-27-28-29-30-31-32-33-34-35-36-37-38-39-40-41-42-43-44-45-47-49-51-53-55-57-59-66(71)77-64(63-76-68(67(72)73)74-61-60-69(3,4)5)62-75-65(70)58-56-54-52-50-48-46-19-17-15-13-11-9-7-2/h8,10,14,16,20-21,23-24,26-27,29-30,64,68H,6-7,9,11-13,15,17-19,22,25,28,31-63H2,1-5H3/p+1/b10-8-,16-14-,21-20-,24-23-,27-26-,30-29-. The summed E-state index contributed by atoms with van der Waals surface area (Å²) in [5.74, 6) is -1.99. The van der Waals surface area contributed by atoms with E-state index >= 15 is 0 Å². The van der Waals surface area contributed by atoms with Crippen LogP contribution in [0.4, 0.5) is 0 Å². The molecular formula is C68H122NO8+. The third-order valence-electron chi connectivity index (χ3n) is 14.0. The average Bonchev–Trinajstić information content (AvgIpc) is 3.40. The molecule has 77 heavy (non-hydrogen) atoms. The van der Waals surface area contributed by atoms with Gasteiger partial charge in [-0.2, -0.15) is 0 Å². The average molecular weight is 1080 g/mol. The molecule has 9 heteroatoms. The van der Waals surface area contributed by atoms with Crippen LogP contribution in [0.15, 0.2) is 72.9 Å². The number of hydrogen-bond acceptors (Lipinski definition) is 7. The number of aliphatic carboxylic acids is 1. The van der Waals surface area contributed by atoms with Gasteiger partial charge in [0.25, 0.3) is 6.29 Å². The molecule has 0 aromatic rings. The van der Waals surface area contributed by atoms with Crippen LogP contribution in [0.25, 0.3) is 0 Å². The number of allylic oxidation sites excluding steroid dienone is 12. The Labute approximate surface area is 475 Å². The third-order valence-corrected chi connectivity index (χ3v) is 14.0. The van der Waals surface area contributed by atoms with E-state index in [2.05, 4.69) is 86.8 Å². The van der Waals surface area contributed by atoms with Crippen LogP contribution in [-0.4, -0.2) is 87.4 Å². The maximum absolute atomic E-state index is 12.9. The fraction of sp³-hybridized carbons (Fsp3) is 0.779. The van der Waals surface area contributed by atoms with Gasteiger partial charge in [-0.1, -0.05) is 279 Å². The van der Waals surface area contributed by atoms with Crippen molar-refractivity contribution in [3.05, 3.63) is 72.9 Å². The van der Waals surface area contributed by atoms with Gasteiger partial charge in [0.1, 0.15) is 13.2 Å². The lowest BCUT2D eigenvalue weighted by Gasteiger charge is -2.25. The zero-order valence-corrected chi connectivity index (χ0v) is 50.9. The van der Waals surface area contributed by atoms with Gasteiger partial charge in [0.15, 0.2) is 6.10 Å². The molecule has 2 atom stereocenters. The summed E-state index contributed by atoms with van der Waals surface area (Å²) in [6.45, 7) is 4.79. The number of rotatable bonds is 59. The summed E-state index contributed by atoms with van der Waals surface area (Å²) in [5.41, 5.74) is 0. The van der Waals surface area contributed by atoms with Crippen molar-refractivity contribution in [3.8, 4) is 0 Å². The molecule has 0 amide bonds. The van der Waals surface area contributed by atoms with Gasteiger partial charge in [0.05, 0.1) is 34.4 Å². The monoisotopic (exact) mass is 1080 g/mol. The zero-order valence-electron chi connectivity index (χ0n) is 50.9. The molecule has 0 aromatic heterocycles. The maximum atomic E-state index is 12.9. The minimum atomic E-state index is -1.51. The largest absolute Gasteiger partial charge is 0.477 e. The van der Waals surface area contributed by atoms with Crippen LogP contribution < -0.4 is 0 Å². The van der Waals surface area contributed by atoms with Crippen molar-refractivity contribution in [3.63, 3.8) is 0 Å². The molecule has 0 rings (SSSR count). The number of ether oxygens (including phenoxy) is 4. The quantitative estimate of drug-likeness (QED) is 0.0211. The molecule has 0 aliphatic carbocycles. The summed E-state index contributed by atoms with van der Waals surface area (Å²) in [5, 5.41) is 9.70. The van der Waals surface area contributed by atoms with E-state index in [-0.39, 0.29) is 32.2 Å². The fourth-order valence-electron chi connectivity index (χ4n) is 9.08. The van der Waals surface area contributed by atoms with E-state index in [1.165, 1.54) is 180 Å². The topological polar surface area (TPSA) is 108 Å². The van der Waals surface area contributed by atoms with Crippen molar-refractivity contribution in [1.29, 1.82) is 0 Å². The Hall–Kier alpha value is -3.27. The number of quaternary nitrogens is 1. The second-order valence-corrected chi connectivity index (χ2v) is 22.7. The van der Waals surface area contributed by atoms with Crippen molar-refractivity contribution >= 4 is 17.9 Å². The van der Waals surface area contributed by atoms with Crippen LogP contribution >= 0.6 is 0 Å². The number of nitrogens with zero attached hydrogens (tertiary/aromatic N) is 1. The van der Waals surface area contributed by atoms with Crippen molar-refractivity contribution < 1.29 is 42.9 Å². The van der Waals surface area contributed by atoms with E-state index in [0.29, 0.717) is 17.4 Å². The molecular weight excluding hydrogens is 959 g/mol. The van der Waals surface area contributed by atoms with Gasteiger partial charge in [0, 0.05) is 12.8 Å². The fourth-order valence-corrected chi connectivity index (χ4v) is 9.08. The molecule has 0 saturated carbocycles. The second kappa shape index (κ2) is 58.9. The summed E-state index contributed by atoms with van der Waals surface area (Å²) < 4.78 is 22.9. The van der Waals surface area contributed by atoms with E-state index < -0.39 is 24.3 Å².